The first-order valence-corrected chi connectivity index (χ1v) is 3.37. The Kier molecular flexibility index (Phi) is 1.99. The lowest BCUT2D eigenvalue weighted by molar-refractivity contribution is -0.148. The summed E-state index contributed by atoms with van der Waals surface area (Å²) in [7, 11) is 0. The van der Waals surface area contributed by atoms with Crippen molar-refractivity contribution in [2.75, 3.05) is 6.61 Å². The van der Waals surface area contributed by atoms with Crippen molar-refractivity contribution in [3.63, 3.8) is 0 Å². The number of ether oxygens (including phenoxy) is 2. The Morgan fingerprint density at radius 1 is 1.73 bits per heavy atom. The van der Waals surface area contributed by atoms with Gasteiger partial charge in [0.25, 0.3) is 0 Å². The molecular weight excluding hydrogens is 144 g/mol. The standard InChI is InChI=1S/C8H10O3/c1-4-6(9)7-5-10-8(2,3)11-7/h1,7H,5H2,2-3H3. The zero-order chi connectivity index (χ0) is 8.48. The molecule has 60 valence electrons. The second-order valence-corrected chi connectivity index (χ2v) is 2.83. The van der Waals surface area contributed by atoms with Gasteiger partial charge < -0.3 is 9.47 Å². The van der Waals surface area contributed by atoms with Crippen LogP contribution in [0.15, 0.2) is 0 Å². The summed E-state index contributed by atoms with van der Waals surface area (Å²) in [6.45, 7) is 3.75. The third kappa shape index (κ3) is 1.79. The van der Waals surface area contributed by atoms with Crippen molar-refractivity contribution < 1.29 is 14.3 Å². The highest BCUT2D eigenvalue weighted by atomic mass is 16.7. The molecule has 0 N–H and O–H groups in total. The molecule has 0 aliphatic carbocycles. The van der Waals surface area contributed by atoms with E-state index in [1.54, 1.807) is 13.8 Å². The first-order valence-electron chi connectivity index (χ1n) is 3.37. The molecule has 0 aromatic heterocycles. The largest absolute Gasteiger partial charge is 0.347 e. The Balaban J connectivity index is 2.57. The van der Waals surface area contributed by atoms with E-state index in [1.165, 1.54) is 0 Å². The molecular formula is C8H10O3. The normalized spacial score (nSPS) is 27.9. The average molecular weight is 154 g/mol. The van der Waals surface area contributed by atoms with Gasteiger partial charge in [0.2, 0.25) is 5.78 Å². The van der Waals surface area contributed by atoms with Crippen molar-refractivity contribution in [1.29, 1.82) is 0 Å². The second kappa shape index (κ2) is 2.65. The van der Waals surface area contributed by atoms with Crippen LogP contribution in [0.3, 0.4) is 0 Å². The molecule has 1 aliphatic heterocycles. The van der Waals surface area contributed by atoms with Crippen LogP contribution in [0, 0.1) is 12.3 Å². The summed E-state index contributed by atoms with van der Waals surface area (Å²) in [6.07, 6.45) is 4.33. The van der Waals surface area contributed by atoms with Crippen LogP contribution in [0.4, 0.5) is 0 Å². The van der Waals surface area contributed by atoms with Gasteiger partial charge in [-0.25, -0.2) is 0 Å². The third-order valence-electron chi connectivity index (χ3n) is 1.44. The van der Waals surface area contributed by atoms with Crippen molar-refractivity contribution in [2.24, 2.45) is 0 Å². The second-order valence-electron chi connectivity index (χ2n) is 2.83. The molecule has 0 aromatic rings. The summed E-state index contributed by atoms with van der Waals surface area (Å²) in [5.41, 5.74) is 0. The number of rotatable bonds is 1. The highest BCUT2D eigenvalue weighted by molar-refractivity contribution is 5.98. The average Bonchev–Trinajstić information content (AvgIpc) is 2.29. The lowest BCUT2D eigenvalue weighted by atomic mass is 10.2. The maximum atomic E-state index is 10.9. The molecule has 3 heteroatoms. The number of Topliss-reactive ketones (excluding diaryl/α,β-unsaturated/α-hetero) is 1. The highest BCUT2D eigenvalue weighted by Gasteiger charge is 2.35. The van der Waals surface area contributed by atoms with Crippen LogP contribution in [0.25, 0.3) is 0 Å². The molecule has 0 aromatic carbocycles. The van der Waals surface area contributed by atoms with E-state index in [2.05, 4.69) is 0 Å². The predicted molar refractivity (Wildman–Crippen MR) is 38.7 cm³/mol. The van der Waals surface area contributed by atoms with Crippen molar-refractivity contribution >= 4 is 5.78 Å². The van der Waals surface area contributed by atoms with Gasteiger partial charge in [0.1, 0.15) is 0 Å². The third-order valence-corrected chi connectivity index (χ3v) is 1.44. The lowest BCUT2D eigenvalue weighted by Gasteiger charge is -2.15. The summed E-state index contributed by atoms with van der Waals surface area (Å²) >= 11 is 0. The molecule has 0 amide bonds. The summed E-state index contributed by atoms with van der Waals surface area (Å²) < 4.78 is 10.3. The van der Waals surface area contributed by atoms with Crippen molar-refractivity contribution in [3.05, 3.63) is 0 Å². The van der Waals surface area contributed by atoms with Crippen LogP contribution in [0.2, 0.25) is 0 Å². The van der Waals surface area contributed by atoms with Gasteiger partial charge in [-0.3, -0.25) is 4.79 Å². The molecule has 1 heterocycles. The fourth-order valence-corrected chi connectivity index (χ4v) is 0.909. The van der Waals surface area contributed by atoms with E-state index in [9.17, 15) is 4.79 Å². The monoisotopic (exact) mass is 154 g/mol. The number of carbonyl (C=O) groups is 1. The molecule has 1 atom stereocenters. The summed E-state index contributed by atoms with van der Waals surface area (Å²) in [4.78, 5) is 10.9. The zero-order valence-electron chi connectivity index (χ0n) is 6.59. The van der Waals surface area contributed by atoms with E-state index in [-0.39, 0.29) is 12.4 Å². The minimum Gasteiger partial charge on any atom is -0.347 e. The fraction of sp³-hybridized carbons (Fsp3) is 0.625. The summed E-state index contributed by atoms with van der Waals surface area (Å²) in [6, 6.07) is 0. The molecule has 11 heavy (non-hydrogen) atoms. The van der Waals surface area contributed by atoms with Gasteiger partial charge in [-0.05, 0) is 19.8 Å². The number of hydrogen-bond acceptors (Lipinski definition) is 3. The smallest absolute Gasteiger partial charge is 0.236 e. The minimum absolute atomic E-state index is 0.260. The van der Waals surface area contributed by atoms with Crippen LogP contribution >= 0.6 is 0 Å². The fourth-order valence-electron chi connectivity index (χ4n) is 0.909. The summed E-state index contributed by atoms with van der Waals surface area (Å²) in [5, 5.41) is 0. The molecule has 0 bridgehead atoms. The lowest BCUT2D eigenvalue weighted by Crippen LogP contribution is -2.25. The highest BCUT2D eigenvalue weighted by Crippen LogP contribution is 2.22. The van der Waals surface area contributed by atoms with Crippen molar-refractivity contribution in [2.45, 2.75) is 25.7 Å². The van der Waals surface area contributed by atoms with Crippen LogP contribution in [0.5, 0.6) is 0 Å². The maximum Gasteiger partial charge on any atom is 0.236 e. The quantitative estimate of drug-likeness (QED) is 0.403. The Hall–Kier alpha value is -0.850. The van der Waals surface area contributed by atoms with Crippen LogP contribution < -0.4 is 0 Å². The molecule has 1 rings (SSSR count). The minimum atomic E-state index is -0.669. The number of carbonyl (C=O) groups excluding carboxylic acids is 1. The van der Waals surface area contributed by atoms with E-state index >= 15 is 0 Å². The topological polar surface area (TPSA) is 35.5 Å². The van der Waals surface area contributed by atoms with Gasteiger partial charge in [0.05, 0.1) is 6.61 Å². The number of ketones is 1. The Labute approximate surface area is 65.7 Å². The Morgan fingerprint density at radius 2 is 2.36 bits per heavy atom. The summed E-state index contributed by atoms with van der Waals surface area (Å²) in [5.74, 6) is 0.980. The van der Waals surface area contributed by atoms with Gasteiger partial charge in [-0.1, -0.05) is 0 Å². The Morgan fingerprint density at radius 3 is 2.73 bits per heavy atom. The molecule has 3 nitrogen and oxygen atoms in total. The molecule has 0 spiro atoms. The molecule has 0 radical (unpaired) electrons. The van der Waals surface area contributed by atoms with E-state index in [1.807, 2.05) is 5.92 Å². The van der Waals surface area contributed by atoms with Crippen LogP contribution in [-0.2, 0) is 14.3 Å². The van der Waals surface area contributed by atoms with Gasteiger partial charge in [0, 0.05) is 0 Å². The van der Waals surface area contributed by atoms with Crippen LogP contribution in [-0.4, -0.2) is 24.3 Å². The Bertz CT molecular complexity index is 212. The van der Waals surface area contributed by atoms with Gasteiger partial charge in [0.15, 0.2) is 11.9 Å². The van der Waals surface area contributed by atoms with Crippen molar-refractivity contribution in [3.8, 4) is 12.3 Å². The van der Waals surface area contributed by atoms with E-state index < -0.39 is 11.9 Å². The molecule has 1 saturated heterocycles. The van der Waals surface area contributed by atoms with Crippen LogP contribution in [0.1, 0.15) is 13.8 Å². The van der Waals surface area contributed by atoms with E-state index in [0.29, 0.717) is 0 Å². The SMILES string of the molecule is C#CC(=O)C1COC(C)(C)O1. The zero-order valence-corrected chi connectivity index (χ0v) is 6.59. The number of terminal acetylenes is 1. The predicted octanol–water partition coefficient (Wildman–Crippen LogP) is 0.340. The molecule has 0 saturated carbocycles. The molecule has 1 unspecified atom stereocenters. The van der Waals surface area contributed by atoms with E-state index in [4.69, 9.17) is 15.9 Å². The first kappa shape index (κ1) is 8.25. The first-order chi connectivity index (χ1) is 5.05. The van der Waals surface area contributed by atoms with Gasteiger partial charge in [-0.15, -0.1) is 6.42 Å². The maximum absolute atomic E-state index is 10.9. The van der Waals surface area contributed by atoms with E-state index in [0.717, 1.165) is 0 Å². The van der Waals surface area contributed by atoms with Gasteiger partial charge >= 0.3 is 0 Å². The number of hydrogen-bond donors (Lipinski definition) is 0. The van der Waals surface area contributed by atoms with Crippen molar-refractivity contribution in [1.82, 2.24) is 0 Å². The molecule has 1 aliphatic rings. The molecule has 1 fully saturated rings. The van der Waals surface area contributed by atoms with Gasteiger partial charge in [-0.2, -0.15) is 0 Å².